The zero-order valence-corrected chi connectivity index (χ0v) is 29.2. The summed E-state index contributed by atoms with van der Waals surface area (Å²) in [5.74, 6) is 0.0426. The van der Waals surface area contributed by atoms with E-state index in [0.29, 0.717) is 28.2 Å². The molecule has 1 fully saturated rings. The summed E-state index contributed by atoms with van der Waals surface area (Å²) in [7, 11) is 4.80. The summed E-state index contributed by atoms with van der Waals surface area (Å²) in [5, 5.41) is 6.77. The number of piperazine rings is 1. The van der Waals surface area contributed by atoms with Crippen LogP contribution in [-0.2, 0) is 0 Å². The maximum Gasteiger partial charge on any atom is 0.262 e. The highest BCUT2D eigenvalue weighted by Crippen LogP contribution is 2.34. The summed E-state index contributed by atoms with van der Waals surface area (Å²) < 4.78 is 11.6. The van der Waals surface area contributed by atoms with Gasteiger partial charge in [-0.3, -0.25) is 14.5 Å². The highest BCUT2D eigenvalue weighted by Gasteiger charge is 2.24. The van der Waals surface area contributed by atoms with E-state index in [1.54, 1.807) is 32.3 Å². The number of hydrogen-bond donors (Lipinski definition) is 2. The van der Waals surface area contributed by atoms with Crippen LogP contribution in [0.1, 0.15) is 45.7 Å². The zero-order valence-electron chi connectivity index (χ0n) is 28.4. The van der Waals surface area contributed by atoms with E-state index in [4.69, 9.17) is 21.1 Å². The number of nitrogens with zero attached hydrogens (tertiary/aromatic N) is 5. The van der Waals surface area contributed by atoms with E-state index in [9.17, 15) is 9.59 Å². The van der Waals surface area contributed by atoms with Gasteiger partial charge in [-0.1, -0.05) is 29.8 Å². The highest BCUT2D eigenvalue weighted by atomic mass is 35.5. The minimum absolute atomic E-state index is 0.0417. The number of ether oxygens (including phenoxy) is 2. The monoisotopic (exact) mass is 671 g/mol. The largest absolute Gasteiger partial charge is 0.497 e. The van der Waals surface area contributed by atoms with Gasteiger partial charge in [0.05, 0.1) is 23.4 Å². The first-order valence-corrected chi connectivity index (χ1v) is 16.2. The summed E-state index contributed by atoms with van der Waals surface area (Å²) in [5.41, 5.74) is 4.44. The predicted octanol–water partition coefficient (Wildman–Crippen LogP) is 6.78. The quantitative estimate of drug-likeness (QED) is 0.189. The Bertz CT molecular complexity index is 1790. The van der Waals surface area contributed by atoms with Crippen molar-refractivity contribution < 1.29 is 19.1 Å². The van der Waals surface area contributed by atoms with Crippen LogP contribution in [0.2, 0.25) is 5.02 Å². The Morgan fingerprint density at radius 3 is 2.29 bits per heavy atom. The van der Waals surface area contributed by atoms with Crippen LogP contribution in [-0.4, -0.2) is 85.0 Å². The van der Waals surface area contributed by atoms with Crippen molar-refractivity contribution in [1.29, 1.82) is 0 Å². The zero-order chi connectivity index (χ0) is 34.5. The molecule has 1 aromatic heterocycles. The van der Waals surface area contributed by atoms with Crippen molar-refractivity contribution in [3.8, 4) is 17.4 Å². The fraction of sp³-hybridized carbons (Fsp3) is 0.333. The van der Waals surface area contributed by atoms with Crippen LogP contribution in [0.15, 0.2) is 60.8 Å². The maximum atomic E-state index is 13.7. The van der Waals surface area contributed by atoms with Gasteiger partial charge in [0.2, 0.25) is 11.8 Å². The number of rotatable bonds is 10. The maximum absolute atomic E-state index is 13.7. The summed E-state index contributed by atoms with van der Waals surface area (Å²) in [4.78, 5) is 42.1. The summed E-state index contributed by atoms with van der Waals surface area (Å²) in [6, 6.07) is 16.9. The molecule has 0 saturated carbocycles. The van der Waals surface area contributed by atoms with Gasteiger partial charge in [-0.15, -0.1) is 0 Å². The van der Waals surface area contributed by atoms with E-state index in [2.05, 4.69) is 44.2 Å². The number of anilines is 4. The first-order valence-electron chi connectivity index (χ1n) is 15.8. The average Bonchev–Trinajstić information content (AvgIpc) is 3.06. The lowest BCUT2D eigenvalue weighted by atomic mass is 10.1. The van der Waals surface area contributed by atoms with Crippen LogP contribution < -0.4 is 25.0 Å². The molecule has 3 aromatic carbocycles. The lowest BCUT2D eigenvalue weighted by Gasteiger charge is -2.38. The van der Waals surface area contributed by atoms with E-state index in [1.807, 2.05) is 50.2 Å². The van der Waals surface area contributed by atoms with Gasteiger partial charge in [0.15, 0.2) is 0 Å². The van der Waals surface area contributed by atoms with Crippen LogP contribution in [0.25, 0.3) is 0 Å². The first-order chi connectivity index (χ1) is 22.9. The number of aryl methyl sites for hydroxylation is 2. The average molecular weight is 672 g/mol. The van der Waals surface area contributed by atoms with Gasteiger partial charge < -0.3 is 29.9 Å². The van der Waals surface area contributed by atoms with E-state index < -0.39 is 5.91 Å². The van der Waals surface area contributed by atoms with Gasteiger partial charge in [-0.05, 0) is 75.2 Å². The molecule has 252 valence electrons. The van der Waals surface area contributed by atoms with Gasteiger partial charge >= 0.3 is 0 Å². The van der Waals surface area contributed by atoms with Gasteiger partial charge in [0.25, 0.3) is 11.8 Å². The summed E-state index contributed by atoms with van der Waals surface area (Å²) in [6.07, 6.45) is 1.40. The third-order valence-corrected chi connectivity index (χ3v) is 8.64. The Balaban J connectivity index is 1.47. The molecule has 0 atom stereocenters. The molecule has 48 heavy (non-hydrogen) atoms. The highest BCUT2D eigenvalue weighted by molar-refractivity contribution is 6.33. The Hall–Kier alpha value is -4.87. The van der Waals surface area contributed by atoms with Crippen LogP contribution in [0.4, 0.5) is 23.0 Å². The van der Waals surface area contributed by atoms with E-state index in [-0.39, 0.29) is 34.6 Å². The topological polar surface area (TPSA) is 112 Å². The van der Waals surface area contributed by atoms with Crippen LogP contribution >= 0.6 is 11.6 Å². The standard InChI is InChI=1S/C36H42ClN7O4/c1-22(2)43-15-17-44(18-16-43)30-13-11-25(19-29(30)37)39-36-38-21-28(33(45)40-32-23(3)9-8-10-24(32)4)34(41-36)48-31-14-12-26(47-7)20-27(31)35(46)42(5)6/h8-14,19-22H,15-18H2,1-7H3,(H,40,45)(H,38,39,41). The van der Waals surface area contributed by atoms with Crippen LogP contribution in [0, 0.1) is 13.8 Å². The molecule has 12 heteroatoms. The Morgan fingerprint density at radius 1 is 0.958 bits per heavy atom. The lowest BCUT2D eigenvalue weighted by molar-refractivity contribution is 0.0824. The lowest BCUT2D eigenvalue weighted by Crippen LogP contribution is -2.49. The number of carbonyl (C=O) groups is 2. The first kappa shape index (κ1) is 34.5. The van der Waals surface area contributed by atoms with Gasteiger partial charge in [-0.2, -0.15) is 4.98 Å². The number of aromatic nitrogens is 2. The molecular weight excluding hydrogens is 630 g/mol. The van der Waals surface area contributed by atoms with Gasteiger partial charge in [-0.25, -0.2) is 4.98 Å². The number of para-hydroxylation sites is 1. The fourth-order valence-electron chi connectivity index (χ4n) is 5.54. The SMILES string of the molecule is COc1ccc(Oc2nc(Nc3ccc(N4CCN(C(C)C)CC4)c(Cl)c3)ncc2C(=O)Nc2c(C)cccc2C)c(C(=O)N(C)C)c1. The van der Waals surface area contributed by atoms with Gasteiger partial charge in [0, 0.05) is 63.9 Å². The van der Waals surface area contributed by atoms with Crippen molar-refractivity contribution in [3.05, 3.63) is 88.1 Å². The van der Waals surface area contributed by atoms with E-state index in [1.165, 1.54) is 18.2 Å². The Kier molecular flexibility index (Phi) is 10.7. The summed E-state index contributed by atoms with van der Waals surface area (Å²) >= 11 is 6.77. The minimum atomic E-state index is -0.465. The number of amides is 2. The minimum Gasteiger partial charge on any atom is -0.497 e. The molecule has 1 saturated heterocycles. The van der Waals surface area contributed by atoms with Crippen molar-refractivity contribution in [3.63, 3.8) is 0 Å². The third-order valence-electron chi connectivity index (χ3n) is 8.34. The second kappa shape index (κ2) is 14.9. The van der Waals surface area contributed by atoms with Crippen LogP contribution in [0.5, 0.6) is 17.4 Å². The fourth-order valence-corrected chi connectivity index (χ4v) is 5.84. The molecule has 0 bridgehead atoms. The number of hydrogen-bond acceptors (Lipinski definition) is 9. The van der Waals surface area contributed by atoms with Crippen molar-refractivity contribution >= 4 is 46.4 Å². The molecule has 4 aromatic rings. The molecule has 2 amide bonds. The van der Waals surface area contributed by atoms with Crippen molar-refractivity contribution in [2.45, 2.75) is 33.7 Å². The molecule has 1 aliphatic heterocycles. The van der Waals surface area contributed by atoms with E-state index >= 15 is 0 Å². The Labute approximate surface area is 286 Å². The molecule has 0 radical (unpaired) electrons. The normalized spacial score (nSPS) is 13.3. The second-order valence-electron chi connectivity index (χ2n) is 12.2. The molecule has 0 unspecified atom stereocenters. The molecule has 2 heterocycles. The molecular formula is C36H42ClN7O4. The molecule has 1 aliphatic rings. The smallest absolute Gasteiger partial charge is 0.262 e. The number of methoxy groups -OCH3 is 1. The third kappa shape index (κ3) is 7.80. The molecule has 0 aliphatic carbocycles. The van der Waals surface area contributed by atoms with Crippen LogP contribution in [0.3, 0.4) is 0 Å². The predicted molar refractivity (Wildman–Crippen MR) is 191 cm³/mol. The number of carbonyl (C=O) groups excluding carboxylic acids is 2. The van der Waals surface area contributed by atoms with E-state index in [0.717, 1.165) is 43.0 Å². The van der Waals surface area contributed by atoms with Gasteiger partial charge in [0.1, 0.15) is 17.1 Å². The summed E-state index contributed by atoms with van der Waals surface area (Å²) in [6.45, 7) is 12.0. The van der Waals surface area contributed by atoms with Crippen molar-refractivity contribution in [1.82, 2.24) is 19.8 Å². The van der Waals surface area contributed by atoms with Crippen molar-refractivity contribution in [2.24, 2.45) is 0 Å². The Morgan fingerprint density at radius 2 is 1.67 bits per heavy atom. The number of benzene rings is 3. The molecule has 0 spiro atoms. The second-order valence-corrected chi connectivity index (χ2v) is 12.6. The number of halogens is 1. The van der Waals surface area contributed by atoms with Crippen molar-refractivity contribution in [2.75, 3.05) is 62.9 Å². The molecule has 11 nitrogen and oxygen atoms in total. The molecule has 2 N–H and O–H groups in total. The molecule has 5 rings (SSSR count). The number of nitrogens with one attached hydrogen (secondary N) is 2.